The summed E-state index contributed by atoms with van der Waals surface area (Å²) in [5.41, 5.74) is 0. The molecule has 0 aromatic rings. The summed E-state index contributed by atoms with van der Waals surface area (Å²) in [5.74, 6) is 0.951. The summed E-state index contributed by atoms with van der Waals surface area (Å²) in [5, 5.41) is 6.89. The van der Waals surface area contributed by atoms with E-state index in [1.165, 1.54) is 77.9 Å². The minimum absolute atomic E-state index is 0. The number of likely N-dealkylation sites (tertiary alicyclic amines) is 1. The third-order valence-corrected chi connectivity index (χ3v) is 5.18. The summed E-state index contributed by atoms with van der Waals surface area (Å²) >= 11 is 0. The van der Waals surface area contributed by atoms with E-state index in [4.69, 9.17) is 0 Å². The Balaban J connectivity index is 0.00000312. The molecule has 148 valence electrons. The number of nitrogens with zero attached hydrogens (tertiary/aromatic N) is 4. The van der Waals surface area contributed by atoms with Crippen LogP contribution in [0.3, 0.4) is 0 Å². The number of likely N-dealkylation sites (N-methyl/N-ethyl adjacent to an activating group) is 1. The van der Waals surface area contributed by atoms with Crippen LogP contribution in [0.1, 0.15) is 32.1 Å². The summed E-state index contributed by atoms with van der Waals surface area (Å²) in [7, 11) is 4.08. The number of hydrogen-bond donors (Lipinski definition) is 2. The maximum absolute atomic E-state index is 4.33. The van der Waals surface area contributed by atoms with E-state index in [1.54, 1.807) is 0 Å². The highest BCUT2D eigenvalue weighted by Crippen LogP contribution is 2.07. The highest BCUT2D eigenvalue weighted by atomic mass is 127. The molecule has 0 radical (unpaired) electrons. The summed E-state index contributed by atoms with van der Waals surface area (Å²) in [6.07, 6.45) is 6.60. The first-order valence-corrected chi connectivity index (χ1v) is 9.85. The SMILES string of the molecule is CN=C(NCCCCN1CCN(C)CC1)NCCN1CCCCC1.I. The Morgan fingerprint density at radius 1 is 0.800 bits per heavy atom. The molecule has 2 fully saturated rings. The Bertz CT molecular complexity index is 351. The lowest BCUT2D eigenvalue weighted by molar-refractivity contribution is 0.152. The predicted molar refractivity (Wildman–Crippen MR) is 118 cm³/mol. The van der Waals surface area contributed by atoms with Crippen molar-refractivity contribution in [2.24, 2.45) is 4.99 Å². The number of hydrogen-bond acceptors (Lipinski definition) is 4. The van der Waals surface area contributed by atoms with Gasteiger partial charge in [-0.2, -0.15) is 0 Å². The first-order valence-electron chi connectivity index (χ1n) is 9.85. The van der Waals surface area contributed by atoms with E-state index in [0.717, 1.165) is 25.6 Å². The van der Waals surface area contributed by atoms with Gasteiger partial charge in [0.05, 0.1) is 0 Å². The van der Waals surface area contributed by atoms with Crippen LogP contribution in [0, 0.1) is 0 Å². The Labute approximate surface area is 171 Å². The van der Waals surface area contributed by atoms with Crippen molar-refractivity contribution in [2.45, 2.75) is 32.1 Å². The van der Waals surface area contributed by atoms with Gasteiger partial charge in [0.25, 0.3) is 0 Å². The number of piperazine rings is 1. The Morgan fingerprint density at radius 3 is 2.12 bits per heavy atom. The first-order chi connectivity index (χ1) is 11.8. The Kier molecular flexibility index (Phi) is 12.8. The van der Waals surface area contributed by atoms with Crippen LogP contribution < -0.4 is 10.6 Å². The quantitative estimate of drug-likeness (QED) is 0.244. The summed E-state index contributed by atoms with van der Waals surface area (Å²) in [6.45, 7) is 11.8. The zero-order valence-corrected chi connectivity index (χ0v) is 18.6. The van der Waals surface area contributed by atoms with E-state index < -0.39 is 0 Å². The van der Waals surface area contributed by atoms with E-state index in [-0.39, 0.29) is 24.0 Å². The third kappa shape index (κ3) is 9.96. The maximum atomic E-state index is 4.33. The highest BCUT2D eigenvalue weighted by Gasteiger charge is 2.12. The summed E-state index contributed by atoms with van der Waals surface area (Å²) < 4.78 is 0. The molecule has 0 unspecified atom stereocenters. The number of unbranched alkanes of at least 4 members (excludes halogenated alkanes) is 1. The lowest BCUT2D eigenvalue weighted by atomic mass is 10.1. The molecule has 0 atom stereocenters. The monoisotopic (exact) mass is 466 g/mol. The predicted octanol–water partition coefficient (Wildman–Crippen LogP) is 1.28. The minimum Gasteiger partial charge on any atom is -0.356 e. The van der Waals surface area contributed by atoms with Gasteiger partial charge < -0.3 is 25.3 Å². The van der Waals surface area contributed by atoms with Crippen molar-refractivity contribution in [3.05, 3.63) is 0 Å². The van der Waals surface area contributed by atoms with E-state index in [1.807, 2.05) is 7.05 Å². The molecule has 2 rings (SSSR count). The van der Waals surface area contributed by atoms with Crippen molar-refractivity contribution in [1.82, 2.24) is 25.3 Å². The smallest absolute Gasteiger partial charge is 0.191 e. The highest BCUT2D eigenvalue weighted by molar-refractivity contribution is 14.0. The second kappa shape index (κ2) is 14.0. The largest absolute Gasteiger partial charge is 0.356 e. The molecule has 0 saturated carbocycles. The minimum atomic E-state index is 0. The maximum Gasteiger partial charge on any atom is 0.191 e. The second-order valence-corrected chi connectivity index (χ2v) is 7.18. The van der Waals surface area contributed by atoms with Gasteiger partial charge in [-0.15, -0.1) is 24.0 Å². The van der Waals surface area contributed by atoms with Crippen LogP contribution in [0.4, 0.5) is 0 Å². The van der Waals surface area contributed by atoms with Crippen molar-refractivity contribution in [3.8, 4) is 0 Å². The molecule has 0 amide bonds. The average Bonchev–Trinajstić information content (AvgIpc) is 2.62. The fraction of sp³-hybridized carbons (Fsp3) is 0.944. The van der Waals surface area contributed by atoms with Gasteiger partial charge in [-0.25, -0.2) is 0 Å². The fourth-order valence-electron chi connectivity index (χ4n) is 3.47. The fourth-order valence-corrected chi connectivity index (χ4v) is 3.47. The van der Waals surface area contributed by atoms with Gasteiger partial charge in [-0.1, -0.05) is 6.42 Å². The molecule has 6 nitrogen and oxygen atoms in total. The van der Waals surface area contributed by atoms with Crippen molar-refractivity contribution in [2.75, 3.05) is 79.5 Å². The van der Waals surface area contributed by atoms with E-state index >= 15 is 0 Å². The van der Waals surface area contributed by atoms with Crippen LogP contribution in [0.5, 0.6) is 0 Å². The van der Waals surface area contributed by atoms with Gasteiger partial charge in [-0.3, -0.25) is 4.99 Å². The lowest BCUT2D eigenvalue weighted by Crippen LogP contribution is -2.45. The van der Waals surface area contributed by atoms with Crippen LogP contribution in [0.2, 0.25) is 0 Å². The van der Waals surface area contributed by atoms with Crippen molar-refractivity contribution < 1.29 is 0 Å². The van der Waals surface area contributed by atoms with Crippen molar-refractivity contribution in [1.29, 1.82) is 0 Å². The lowest BCUT2D eigenvalue weighted by Gasteiger charge is -2.32. The number of guanidine groups is 1. The van der Waals surface area contributed by atoms with Crippen LogP contribution >= 0.6 is 24.0 Å². The van der Waals surface area contributed by atoms with Gasteiger partial charge in [0.2, 0.25) is 0 Å². The molecule has 0 aromatic heterocycles. The molecule has 0 aliphatic carbocycles. The zero-order valence-electron chi connectivity index (χ0n) is 16.3. The van der Waals surface area contributed by atoms with Crippen LogP contribution in [0.15, 0.2) is 4.99 Å². The molecule has 0 spiro atoms. The topological polar surface area (TPSA) is 46.1 Å². The van der Waals surface area contributed by atoms with Gasteiger partial charge in [0.15, 0.2) is 5.96 Å². The molecule has 2 heterocycles. The van der Waals surface area contributed by atoms with Gasteiger partial charge in [-0.05, 0) is 52.4 Å². The van der Waals surface area contributed by atoms with Gasteiger partial charge >= 0.3 is 0 Å². The van der Waals surface area contributed by atoms with E-state index in [9.17, 15) is 0 Å². The summed E-state index contributed by atoms with van der Waals surface area (Å²) in [4.78, 5) is 11.9. The zero-order chi connectivity index (χ0) is 17.0. The van der Waals surface area contributed by atoms with Crippen LogP contribution in [-0.4, -0.2) is 100 Å². The number of nitrogens with one attached hydrogen (secondary N) is 2. The second-order valence-electron chi connectivity index (χ2n) is 7.18. The first kappa shape index (κ1) is 22.9. The van der Waals surface area contributed by atoms with Crippen LogP contribution in [0.25, 0.3) is 0 Å². The third-order valence-electron chi connectivity index (χ3n) is 5.18. The Hall–Kier alpha value is -0.120. The molecule has 2 aliphatic rings. The number of rotatable bonds is 8. The average molecular weight is 466 g/mol. The van der Waals surface area contributed by atoms with Crippen LogP contribution in [-0.2, 0) is 0 Å². The molecule has 2 saturated heterocycles. The normalized spacial score (nSPS) is 21.0. The molecule has 2 N–H and O–H groups in total. The standard InChI is InChI=1S/C18H38N6.HI/c1-19-18(21-9-13-23-10-5-3-6-11-23)20-8-4-7-12-24-16-14-22(2)15-17-24;/h3-17H2,1-2H3,(H2,19,20,21);1H. The number of aliphatic imine (C=N–C) groups is 1. The number of piperidine rings is 1. The molecular weight excluding hydrogens is 427 g/mol. The Morgan fingerprint density at radius 2 is 1.44 bits per heavy atom. The summed E-state index contributed by atoms with van der Waals surface area (Å²) in [6, 6.07) is 0. The number of halogens is 1. The van der Waals surface area contributed by atoms with E-state index in [2.05, 4.69) is 37.4 Å². The van der Waals surface area contributed by atoms with E-state index in [0.29, 0.717) is 0 Å². The van der Waals surface area contributed by atoms with Crippen molar-refractivity contribution >= 4 is 29.9 Å². The van der Waals surface area contributed by atoms with Crippen molar-refractivity contribution in [3.63, 3.8) is 0 Å². The molecule has 0 aromatic carbocycles. The molecule has 2 aliphatic heterocycles. The molecular formula is C18H39IN6. The molecule has 0 bridgehead atoms. The van der Waals surface area contributed by atoms with Gasteiger partial charge in [0, 0.05) is 52.9 Å². The molecule has 7 heteroatoms. The van der Waals surface area contributed by atoms with Gasteiger partial charge in [0.1, 0.15) is 0 Å². The molecule has 25 heavy (non-hydrogen) atoms.